The lowest BCUT2D eigenvalue weighted by Gasteiger charge is -2.42. The Morgan fingerprint density at radius 1 is 1.24 bits per heavy atom. The molecule has 3 aromatic rings. The third-order valence-corrected chi connectivity index (χ3v) is 6.37. The zero-order valence-electron chi connectivity index (χ0n) is 17.4. The summed E-state index contributed by atoms with van der Waals surface area (Å²) >= 11 is 1.57. The Bertz CT molecular complexity index is 1060. The maximum Gasteiger partial charge on any atom is 0.274 e. The number of likely N-dealkylation sites (tertiary alicyclic amines) is 1. The van der Waals surface area contributed by atoms with E-state index in [4.69, 9.17) is 0 Å². The third-order valence-electron chi connectivity index (χ3n) is 5.32. The van der Waals surface area contributed by atoms with Gasteiger partial charge in [-0.15, -0.1) is 11.3 Å². The maximum absolute atomic E-state index is 13.2. The van der Waals surface area contributed by atoms with Crippen LogP contribution in [-0.2, 0) is 0 Å². The first-order valence-electron chi connectivity index (χ1n) is 9.74. The number of anilines is 1. The van der Waals surface area contributed by atoms with Gasteiger partial charge in [-0.25, -0.2) is 9.97 Å². The van der Waals surface area contributed by atoms with E-state index in [2.05, 4.69) is 31.2 Å². The maximum atomic E-state index is 13.2. The fourth-order valence-corrected chi connectivity index (χ4v) is 4.38. The number of amides is 1. The second-order valence-corrected chi connectivity index (χ2v) is 9.21. The van der Waals surface area contributed by atoms with E-state index in [1.807, 2.05) is 58.2 Å². The van der Waals surface area contributed by atoms with Crippen molar-refractivity contribution in [1.29, 1.82) is 0 Å². The molecule has 0 aliphatic carbocycles. The molecular formula is C21H26N6OS. The van der Waals surface area contributed by atoms with E-state index in [0.29, 0.717) is 17.7 Å². The number of nitrogens with zero attached hydrogens (tertiary/aromatic N) is 5. The van der Waals surface area contributed by atoms with Gasteiger partial charge in [0.2, 0.25) is 5.95 Å². The van der Waals surface area contributed by atoms with Crippen LogP contribution in [0.25, 0.3) is 10.2 Å². The standard InChI is InChI=1S/C21H26N6OS/c1-12-6-15(9-22-8-12)14(3)23-21-24-17-7-13(2)29-19(17)18(25-21)20(28)27-10-16(11-27)26(4)5/h6-9,14,16H,10-11H2,1-5H3,(H,23,24,25). The quantitative estimate of drug-likeness (QED) is 0.696. The van der Waals surface area contributed by atoms with E-state index in [0.717, 1.165) is 39.3 Å². The minimum atomic E-state index is -0.0235. The van der Waals surface area contributed by atoms with Gasteiger partial charge in [-0.3, -0.25) is 9.78 Å². The topological polar surface area (TPSA) is 74.2 Å². The molecule has 3 aromatic heterocycles. The third kappa shape index (κ3) is 3.95. The molecule has 1 N–H and O–H groups in total. The lowest BCUT2D eigenvalue weighted by molar-refractivity contribution is 0.0396. The number of hydrogen-bond acceptors (Lipinski definition) is 7. The summed E-state index contributed by atoms with van der Waals surface area (Å²) in [5, 5.41) is 3.35. The zero-order valence-corrected chi connectivity index (χ0v) is 18.2. The molecule has 29 heavy (non-hydrogen) atoms. The van der Waals surface area contributed by atoms with Crippen LogP contribution in [0.4, 0.5) is 5.95 Å². The van der Waals surface area contributed by atoms with Gasteiger partial charge in [0.25, 0.3) is 5.91 Å². The highest BCUT2D eigenvalue weighted by molar-refractivity contribution is 7.19. The summed E-state index contributed by atoms with van der Waals surface area (Å²) in [5.41, 5.74) is 3.46. The Morgan fingerprint density at radius 3 is 2.69 bits per heavy atom. The molecule has 1 saturated heterocycles. The number of thiophene rings is 1. The molecule has 1 fully saturated rings. The number of nitrogens with one attached hydrogen (secondary N) is 1. The molecule has 152 valence electrons. The molecule has 0 radical (unpaired) electrons. The van der Waals surface area contributed by atoms with Gasteiger partial charge >= 0.3 is 0 Å². The van der Waals surface area contributed by atoms with Crippen LogP contribution >= 0.6 is 11.3 Å². The van der Waals surface area contributed by atoms with E-state index in [1.54, 1.807) is 11.3 Å². The first-order chi connectivity index (χ1) is 13.8. The Labute approximate surface area is 174 Å². The van der Waals surface area contributed by atoms with Crippen LogP contribution in [0.5, 0.6) is 0 Å². The smallest absolute Gasteiger partial charge is 0.274 e. The monoisotopic (exact) mass is 410 g/mol. The highest BCUT2D eigenvalue weighted by atomic mass is 32.1. The molecule has 7 nitrogen and oxygen atoms in total. The fourth-order valence-electron chi connectivity index (χ4n) is 3.45. The molecule has 1 atom stereocenters. The summed E-state index contributed by atoms with van der Waals surface area (Å²) in [6.07, 6.45) is 3.67. The van der Waals surface area contributed by atoms with Gasteiger partial charge in [0.15, 0.2) is 5.69 Å². The van der Waals surface area contributed by atoms with Crippen molar-refractivity contribution in [3.05, 3.63) is 46.2 Å². The first kappa shape index (κ1) is 19.7. The van der Waals surface area contributed by atoms with Crippen LogP contribution in [0, 0.1) is 13.8 Å². The van der Waals surface area contributed by atoms with Crippen LogP contribution in [0.2, 0.25) is 0 Å². The van der Waals surface area contributed by atoms with E-state index in [-0.39, 0.29) is 11.9 Å². The van der Waals surface area contributed by atoms with E-state index in [9.17, 15) is 4.79 Å². The number of rotatable bonds is 5. The lowest BCUT2D eigenvalue weighted by atomic mass is 10.1. The number of aromatic nitrogens is 3. The second-order valence-electron chi connectivity index (χ2n) is 7.96. The first-order valence-corrected chi connectivity index (χ1v) is 10.6. The Kier molecular flexibility index (Phi) is 5.23. The molecular weight excluding hydrogens is 384 g/mol. The Balaban J connectivity index is 1.63. The predicted octanol–water partition coefficient (Wildman–Crippen LogP) is 3.26. The van der Waals surface area contributed by atoms with Crippen LogP contribution in [-0.4, -0.2) is 63.9 Å². The number of hydrogen-bond donors (Lipinski definition) is 1. The zero-order chi connectivity index (χ0) is 20.7. The van der Waals surface area contributed by atoms with Gasteiger partial charge in [0, 0.05) is 36.4 Å². The summed E-state index contributed by atoms with van der Waals surface area (Å²) in [6.45, 7) is 7.55. The van der Waals surface area contributed by atoms with Crippen molar-refractivity contribution in [2.24, 2.45) is 0 Å². The van der Waals surface area contributed by atoms with Crippen molar-refractivity contribution in [3.8, 4) is 0 Å². The summed E-state index contributed by atoms with van der Waals surface area (Å²) in [5.74, 6) is 0.447. The molecule has 0 saturated carbocycles. The molecule has 4 heterocycles. The number of fused-ring (bicyclic) bond motifs is 1. The molecule has 1 amide bonds. The Morgan fingerprint density at radius 2 is 2.00 bits per heavy atom. The molecule has 8 heteroatoms. The summed E-state index contributed by atoms with van der Waals surface area (Å²) < 4.78 is 0.858. The highest BCUT2D eigenvalue weighted by Crippen LogP contribution is 2.30. The van der Waals surface area contributed by atoms with E-state index >= 15 is 0 Å². The average Bonchev–Trinajstić information content (AvgIpc) is 2.99. The molecule has 1 aliphatic heterocycles. The van der Waals surface area contributed by atoms with E-state index < -0.39 is 0 Å². The molecule has 1 unspecified atom stereocenters. The van der Waals surface area contributed by atoms with Crippen molar-refractivity contribution in [2.45, 2.75) is 32.9 Å². The largest absolute Gasteiger partial charge is 0.348 e. The predicted molar refractivity (Wildman–Crippen MR) is 117 cm³/mol. The molecule has 4 rings (SSSR count). The van der Waals surface area contributed by atoms with Crippen molar-refractivity contribution in [2.75, 3.05) is 32.5 Å². The highest BCUT2D eigenvalue weighted by Gasteiger charge is 2.34. The van der Waals surface area contributed by atoms with Crippen LogP contribution in [0.15, 0.2) is 24.5 Å². The van der Waals surface area contributed by atoms with Crippen LogP contribution < -0.4 is 5.32 Å². The van der Waals surface area contributed by atoms with Crippen molar-refractivity contribution in [1.82, 2.24) is 24.8 Å². The minimum Gasteiger partial charge on any atom is -0.348 e. The SMILES string of the molecule is Cc1cncc(C(C)Nc2nc(C(=O)N3CC(N(C)C)C3)c3sc(C)cc3n2)c1. The number of carbonyl (C=O) groups is 1. The number of carbonyl (C=O) groups excluding carboxylic acids is 1. The number of aryl methyl sites for hydroxylation is 2. The average molecular weight is 411 g/mol. The van der Waals surface area contributed by atoms with Crippen molar-refractivity contribution in [3.63, 3.8) is 0 Å². The molecule has 1 aliphatic rings. The summed E-state index contributed by atoms with van der Waals surface area (Å²) in [6, 6.07) is 4.49. The van der Waals surface area contributed by atoms with Crippen molar-refractivity contribution < 1.29 is 4.79 Å². The summed E-state index contributed by atoms with van der Waals surface area (Å²) in [7, 11) is 4.09. The van der Waals surface area contributed by atoms with Crippen molar-refractivity contribution >= 4 is 33.4 Å². The molecule has 0 spiro atoms. The van der Waals surface area contributed by atoms with Gasteiger partial charge in [-0.2, -0.15) is 0 Å². The van der Waals surface area contributed by atoms with Gasteiger partial charge in [-0.1, -0.05) is 6.07 Å². The lowest BCUT2D eigenvalue weighted by Crippen LogP contribution is -2.59. The van der Waals surface area contributed by atoms with Gasteiger partial charge in [0.05, 0.1) is 16.3 Å². The fraction of sp³-hybridized carbons (Fsp3) is 0.429. The second kappa shape index (κ2) is 7.68. The van der Waals surface area contributed by atoms with Gasteiger partial charge < -0.3 is 15.1 Å². The van der Waals surface area contributed by atoms with Crippen LogP contribution in [0.1, 0.15) is 39.5 Å². The van der Waals surface area contributed by atoms with Gasteiger partial charge in [-0.05, 0) is 52.1 Å². The number of likely N-dealkylation sites (N-methyl/N-ethyl adjacent to an activating group) is 1. The molecule has 0 aromatic carbocycles. The normalized spacial score (nSPS) is 15.6. The van der Waals surface area contributed by atoms with Crippen LogP contribution in [0.3, 0.4) is 0 Å². The number of pyridine rings is 1. The van der Waals surface area contributed by atoms with E-state index in [1.165, 1.54) is 0 Å². The summed E-state index contributed by atoms with van der Waals surface area (Å²) in [4.78, 5) is 31.9. The van der Waals surface area contributed by atoms with Gasteiger partial charge in [0.1, 0.15) is 0 Å². The Hall–Kier alpha value is -2.58. The minimum absolute atomic E-state index is 0.0229. The molecule has 0 bridgehead atoms.